The van der Waals surface area contributed by atoms with Crippen LogP contribution in [-0.2, 0) is 0 Å². The van der Waals surface area contributed by atoms with Crippen molar-refractivity contribution >= 4 is 0 Å². The third kappa shape index (κ3) is 0.843. The molecule has 2 bridgehead atoms. The summed E-state index contributed by atoms with van der Waals surface area (Å²) >= 11 is 0. The lowest BCUT2D eigenvalue weighted by molar-refractivity contribution is 0.123. The largest absolute Gasteiger partial charge is 0.0622 e. The van der Waals surface area contributed by atoms with Gasteiger partial charge in [0, 0.05) is 0 Å². The van der Waals surface area contributed by atoms with Crippen LogP contribution < -0.4 is 0 Å². The summed E-state index contributed by atoms with van der Waals surface area (Å²) in [6, 6.07) is 0. The smallest absolute Gasteiger partial charge is 0.0352 e. The lowest BCUT2D eigenvalue weighted by Gasteiger charge is -2.37. The molecule has 4 unspecified atom stereocenters. The molecule has 0 saturated heterocycles. The first-order valence-corrected chi connectivity index (χ1v) is 5.86. The van der Waals surface area contributed by atoms with Gasteiger partial charge in [-0.05, 0) is 55.3 Å². The van der Waals surface area contributed by atoms with Gasteiger partial charge in [-0.3, -0.25) is 0 Å². The van der Waals surface area contributed by atoms with Crippen molar-refractivity contribution in [2.24, 2.45) is 29.6 Å². The minimum absolute atomic E-state index is 1.08. The van der Waals surface area contributed by atoms with Crippen LogP contribution in [0.2, 0.25) is 0 Å². The fraction of sp³-hybridized carbons (Fsp3) is 1.00. The van der Waals surface area contributed by atoms with Gasteiger partial charge in [0.05, 0.1) is 0 Å². The van der Waals surface area contributed by atoms with E-state index in [9.17, 15) is 0 Å². The molecule has 0 N–H and O–H groups in total. The molecule has 0 radical (unpaired) electrons. The summed E-state index contributed by atoms with van der Waals surface area (Å²) in [5.74, 6) is 5.75. The van der Waals surface area contributed by atoms with Crippen molar-refractivity contribution in [1.82, 2.24) is 0 Å². The van der Waals surface area contributed by atoms with E-state index < -0.39 is 0 Å². The molecular weight excluding hydrogens is 144 g/mol. The fourth-order valence-electron chi connectivity index (χ4n) is 4.58. The van der Waals surface area contributed by atoms with E-state index in [0.717, 1.165) is 17.8 Å². The molecule has 12 heavy (non-hydrogen) atoms. The van der Waals surface area contributed by atoms with Gasteiger partial charge in [-0.1, -0.05) is 19.8 Å². The molecule has 0 aromatic rings. The van der Waals surface area contributed by atoms with Crippen LogP contribution >= 0.6 is 0 Å². The van der Waals surface area contributed by atoms with Gasteiger partial charge in [-0.2, -0.15) is 0 Å². The second kappa shape index (κ2) is 2.49. The monoisotopic (exact) mass is 164 g/mol. The first kappa shape index (κ1) is 7.41. The van der Waals surface area contributed by atoms with E-state index in [0.29, 0.717) is 0 Å². The van der Waals surface area contributed by atoms with Crippen LogP contribution in [0.5, 0.6) is 0 Å². The van der Waals surface area contributed by atoms with E-state index in [1.165, 1.54) is 18.3 Å². The van der Waals surface area contributed by atoms with Crippen molar-refractivity contribution in [3.8, 4) is 0 Å². The zero-order valence-corrected chi connectivity index (χ0v) is 8.13. The minimum atomic E-state index is 1.08. The Balaban J connectivity index is 1.84. The summed E-state index contributed by atoms with van der Waals surface area (Å²) in [6.07, 6.45) is 9.42. The van der Waals surface area contributed by atoms with Gasteiger partial charge in [0.1, 0.15) is 0 Å². The normalized spacial score (nSPS) is 57.2. The van der Waals surface area contributed by atoms with Crippen LogP contribution in [0.4, 0.5) is 0 Å². The Morgan fingerprint density at radius 3 is 2.42 bits per heavy atom. The van der Waals surface area contributed by atoms with Crippen molar-refractivity contribution in [3.63, 3.8) is 0 Å². The lowest BCUT2D eigenvalue weighted by Crippen LogP contribution is -2.29. The third-order valence-corrected chi connectivity index (χ3v) is 5.01. The quantitative estimate of drug-likeness (QED) is 0.514. The molecule has 3 aliphatic carbocycles. The Labute approximate surface area is 75.7 Å². The van der Waals surface area contributed by atoms with Gasteiger partial charge < -0.3 is 0 Å². The Morgan fingerprint density at radius 1 is 0.833 bits per heavy atom. The Morgan fingerprint density at radius 2 is 1.58 bits per heavy atom. The van der Waals surface area contributed by atoms with Crippen LogP contribution in [0.15, 0.2) is 0 Å². The van der Waals surface area contributed by atoms with Gasteiger partial charge >= 0.3 is 0 Å². The Hall–Kier alpha value is 0. The maximum absolute atomic E-state index is 2.50. The molecule has 0 aromatic carbocycles. The highest BCUT2D eigenvalue weighted by atomic mass is 14.6. The number of hydrogen-bond donors (Lipinski definition) is 0. The van der Waals surface area contributed by atoms with Gasteiger partial charge in [-0.15, -0.1) is 0 Å². The van der Waals surface area contributed by atoms with Crippen LogP contribution in [0.3, 0.4) is 0 Å². The molecule has 0 aromatic heterocycles. The molecule has 0 amide bonds. The van der Waals surface area contributed by atoms with Gasteiger partial charge in [0.15, 0.2) is 0 Å². The molecule has 68 valence electrons. The van der Waals surface area contributed by atoms with E-state index in [4.69, 9.17) is 0 Å². The fourth-order valence-corrected chi connectivity index (χ4v) is 4.58. The molecule has 3 fully saturated rings. The number of hydrogen-bond acceptors (Lipinski definition) is 0. The van der Waals surface area contributed by atoms with Crippen LogP contribution in [-0.4, -0.2) is 0 Å². The van der Waals surface area contributed by atoms with Crippen LogP contribution in [0, 0.1) is 29.6 Å². The van der Waals surface area contributed by atoms with E-state index in [-0.39, 0.29) is 0 Å². The average molecular weight is 164 g/mol. The Bertz CT molecular complexity index is 182. The standard InChI is InChI=1S/C12H20/c1-8-6-9-7-12(8)11-5-3-2-4-10(9)11/h8-12H,2-7H2,1H3/t8-,9?,10?,11?,12?/m1/s1. The van der Waals surface area contributed by atoms with Crippen LogP contribution in [0.1, 0.15) is 45.4 Å². The highest BCUT2D eigenvalue weighted by Crippen LogP contribution is 2.59. The lowest BCUT2D eigenvalue weighted by atomic mass is 9.68. The first-order chi connectivity index (χ1) is 5.86. The molecule has 5 atom stereocenters. The van der Waals surface area contributed by atoms with E-state index in [2.05, 4.69) is 6.92 Å². The predicted molar refractivity (Wildman–Crippen MR) is 50.8 cm³/mol. The number of fused-ring (bicyclic) bond motifs is 5. The van der Waals surface area contributed by atoms with E-state index >= 15 is 0 Å². The maximum Gasteiger partial charge on any atom is -0.0352 e. The summed E-state index contributed by atoms with van der Waals surface area (Å²) in [4.78, 5) is 0. The summed E-state index contributed by atoms with van der Waals surface area (Å²) in [7, 11) is 0. The zero-order valence-electron chi connectivity index (χ0n) is 8.13. The molecule has 0 aliphatic heterocycles. The second-order valence-corrected chi connectivity index (χ2v) is 5.48. The number of rotatable bonds is 0. The highest BCUT2D eigenvalue weighted by Gasteiger charge is 2.50. The van der Waals surface area contributed by atoms with Gasteiger partial charge in [0.2, 0.25) is 0 Å². The van der Waals surface area contributed by atoms with Gasteiger partial charge in [-0.25, -0.2) is 0 Å². The first-order valence-electron chi connectivity index (χ1n) is 5.86. The molecule has 0 nitrogen and oxygen atoms in total. The zero-order chi connectivity index (χ0) is 8.13. The summed E-state index contributed by atoms with van der Waals surface area (Å²) in [6.45, 7) is 2.50. The SMILES string of the molecule is C[C@@H]1CC2CC1C1CCCCC21. The molecule has 3 rings (SSSR count). The van der Waals surface area contributed by atoms with E-state index in [1.54, 1.807) is 32.1 Å². The molecule has 0 spiro atoms. The van der Waals surface area contributed by atoms with Gasteiger partial charge in [0.25, 0.3) is 0 Å². The molecule has 3 aliphatic rings. The van der Waals surface area contributed by atoms with Crippen LogP contribution in [0.25, 0.3) is 0 Å². The molecule has 3 saturated carbocycles. The average Bonchev–Trinajstić information content (AvgIpc) is 2.62. The van der Waals surface area contributed by atoms with Crippen molar-refractivity contribution in [2.75, 3.05) is 0 Å². The minimum Gasteiger partial charge on any atom is -0.0622 e. The third-order valence-electron chi connectivity index (χ3n) is 5.01. The van der Waals surface area contributed by atoms with E-state index in [1.807, 2.05) is 0 Å². The molecule has 0 heteroatoms. The maximum atomic E-state index is 2.50. The van der Waals surface area contributed by atoms with Crippen molar-refractivity contribution in [1.29, 1.82) is 0 Å². The highest BCUT2D eigenvalue weighted by molar-refractivity contribution is 5.00. The van der Waals surface area contributed by atoms with Crippen molar-refractivity contribution in [3.05, 3.63) is 0 Å². The predicted octanol–water partition coefficient (Wildman–Crippen LogP) is 3.47. The Kier molecular flexibility index (Phi) is 1.54. The molecular formula is C12H20. The summed E-state index contributed by atoms with van der Waals surface area (Å²) < 4.78 is 0. The van der Waals surface area contributed by atoms with Crippen molar-refractivity contribution < 1.29 is 0 Å². The topological polar surface area (TPSA) is 0 Å². The van der Waals surface area contributed by atoms with Crippen molar-refractivity contribution in [2.45, 2.75) is 45.4 Å². The second-order valence-electron chi connectivity index (χ2n) is 5.48. The molecule has 0 heterocycles. The summed E-state index contributed by atoms with van der Waals surface area (Å²) in [5.41, 5.74) is 0. The summed E-state index contributed by atoms with van der Waals surface area (Å²) in [5, 5.41) is 0.